The number of nitrogens with zero attached hydrogens (tertiary/aromatic N) is 1. The van der Waals surface area contributed by atoms with Gasteiger partial charge in [-0.2, -0.15) is 0 Å². The maximum Gasteiger partial charge on any atom is 0.338 e. The third kappa shape index (κ3) is 4.01. The number of ketones is 1. The minimum absolute atomic E-state index is 0.0589. The van der Waals surface area contributed by atoms with E-state index in [0.717, 1.165) is 4.90 Å². The molecule has 1 N–H and O–H groups in total. The molecule has 1 aliphatic heterocycles. The van der Waals surface area contributed by atoms with Crippen LogP contribution in [0.4, 0.5) is 10.1 Å². The Kier molecular flexibility index (Phi) is 6.04. The molecule has 1 amide bonds. The Balaban J connectivity index is 1.88. The number of hydrogen-bond donors (Lipinski definition) is 1. The van der Waals surface area contributed by atoms with Crippen LogP contribution < -0.4 is 4.90 Å². The lowest BCUT2D eigenvalue weighted by Gasteiger charge is -2.25. The van der Waals surface area contributed by atoms with Crippen molar-refractivity contribution in [3.63, 3.8) is 0 Å². The van der Waals surface area contributed by atoms with Gasteiger partial charge in [-0.25, -0.2) is 9.18 Å². The molecule has 1 atom stereocenters. The third-order valence-electron chi connectivity index (χ3n) is 5.35. The van der Waals surface area contributed by atoms with Crippen molar-refractivity contribution >= 4 is 29.1 Å². The Morgan fingerprint density at radius 1 is 0.939 bits per heavy atom. The molecular formula is C26H20FNO5. The first-order valence-electron chi connectivity index (χ1n) is 10.3. The zero-order valence-electron chi connectivity index (χ0n) is 17.7. The molecule has 6 nitrogen and oxygen atoms in total. The molecule has 0 radical (unpaired) electrons. The zero-order chi connectivity index (χ0) is 23.5. The second-order valence-corrected chi connectivity index (χ2v) is 7.32. The van der Waals surface area contributed by atoms with E-state index < -0.39 is 35.3 Å². The van der Waals surface area contributed by atoms with Crippen molar-refractivity contribution in [1.82, 2.24) is 0 Å². The van der Waals surface area contributed by atoms with E-state index in [9.17, 15) is 23.9 Å². The fourth-order valence-electron chi connectivity index (χ4n) is 3.81. The van der Waals surface area contributed by atoms with E-state index in [1.54, 1.807) is 43.3 Å². The predicted octanol–water partition coefficient (Wildman–Crippen LogP) is 4.63. The SMILES string of the molecule is CCOC(=O)c1ccc(N2C(=O)C(=O)C(=C(O)c3ccccc3)C2c2ccccc2F)cc1. The number of ether oxygens (including phenoxy) is 1. The molecule has 1 fully saturated rings. The molecule has 0 aliphatic carbocycles. The van der Waals surface area contributed by atoms with Crippen molar-refractivity contribution in [3.05, 3.63) is 107 Å². The Hall–Kier alpha value is -4.26. The monoisotopic (exact) mass is 445 g/mol. The maximum atomic E-state index is 14.9. The van der Waals surface area contributed by atoms with Crippen LogP contribution in [-0.4, -0.2) is 29.4 Å². The first-order chi connectivity index (χ1) is 15.9. The van der Waals surface area contributed by atoms with Crippen LogP contribution in [0.5, 0.6) is 0 Å². The Morgan fingerprint density at radius 3 is 2.21 bits per heavy atom. The highest BCUT2D eigenvalue weighted by Crippen LogP contribution is 2.42. The highest BCUT2D eigenvalue weighted by atomic mass is 19.1. The van der Waals surface area contributed by atoms with Crippen molar-refractivity contribution in [1.29, 1.82) is 0 Å². The standard InChI is InChI=1S/C26H20FNO5/c1-2-33-26(32)17-12-14-18(15-13-17)28-22(19-10-6-7-11-20(19)27)21(24(30)25(28)31)23(29)16-8-4-3-5-9-16/h3-15,22,29H,2H2,1H3. The molecule has 7 heteroatoms. The van der Waals surface area contributed by atoms with Gasteiger partial charge in [-0.05, 0) is 37.3 Å². The second-order valence-electron chi connectivity index (χ2n) is 7.32. The molecule has 1 saturated heterocycles. The maximum absolute atomic E-state index is 14.9. The number of benzene rings is 3. The third-order valence-corrected chi connectivity index (χ3v) is 5.35. The molecule has 0 saturated carbocycles. The summed E-state index contributed by atoms with van der Waals surface area (Å²) >= 11 is 0. The average Bonchev–Trinajstić information content (AvgIpc) is 3.10. The summed E-state index contributed by atoms with van der Waals surface area (Å²) in [7, 11) is 0. The average molecular weight is 445 g/mol. The lowest BCUT2D eigenvalue weighted by atomic mass is 9.94. The number of anilines is 1. The summed E-state index contributed by atoms with van der Waals surface area (Å²) in [6.07, 6.45) is 0. The minimum atomic E-state index is -1.19. The molecule has 33 heavy (non-hydrogen) atoms. The molecule has 0 bridgehead atoms. The highest BCUT2D eigenvalue weighted by Gasteiger charge is 2.47. The quantitative estimate of drug-likeness (QED) is 0.268. The Labute approximate surface area is 189 Å². The smallest absolute Gasteiger partial charge is 0.338 e. The van der Waals surface area contributed by atoms with Crippen LogP contribution in [0.2, 0.25) is 0 Å². The van der Waals surface area contributed by atoms with Crippen LogP contribution in [0.1, 0.15) is 34.5 Å². The Bertz CT molecular complexity index is 1250. The van der Waals surface area contributed by atoms with Gasteiger partial charge in [0.15, 0.2) is 0 Å². The van der Waals surface area contributed by atoms with E-state index in [-0.39, 0.29) is 29.0 Å². The van der Waals surface area contributed by atoms with E-state index in [4.69, 9.17) is 4.74 Å². The zero-order valence-corrected chi connectivity index (χ0v) is 17.7. The number of Topliss-reactive ketones (excluding diaryl/α,β-unsaturated/α-hetero) is 1. The number of aliphatic hydroxyl groups is 1. The van der Waals surface area contributed by atoms with Crippen LogP contribution in [-0.2, 0) is 14.3 Å². The topological polar surface area (TPSA) is 83.9 Å². The first kappa shape index (κ1) is 22.0. The molecule has 1 aliphatic rings. The molecule has 166 valence electrons. The van der Waals surface area contributed by atoms with Gasteiger partial charge in [-0.1, -0.05) is 48.5 Å². The lowest BCUT2D eigenvalue weighted by Crippen LogP contribution is -2.29. The van der Waals surface area contributed by atoms with Gasteiger partial charge in [-0.15, -0.1) is 0 Å². The van der Waals surface area contributed by atoms with E-state index in [2.05, 4.69) is 0 Å². The number of rotatable bonds is 5. The van der Waals surface area contributed by atoms with Gasteiger partial charge in [0.05, 0.1) is 23.8 Å². The summed E-state index contributed by atoms with van der Waals surface area (Å²) in [6.45, 7) is 1.90. The van der Waals surface area contributed by atoms with Crippen LogP contribution in [0.25, 0.3) is 5.76 Å². The van der Waals surface area contributed by atoms with Crippen molar-refractivity contribution in [3.8, 4) is 0 Å². The number of hydrogen-bond acceptors (Lipinski definition) is 5. The number of aliphatic hydroxyl groups excluding tert-OH is 1. The number of esters is 1. The van der Waals surface area contributed by atoms with Gasteiger partial charge in [-0.3, -0.25) is 14.5 Å². The summed E-state index contributed by atoms with van der Waals surface area (Å²) in [5.74, 6) is -3.39. The van der Waals surface area contributed by atoms with Crippen molar-refractivity contribution < 1.29 is 28.6 Å². The van der Waals surface area contributed by atoms with Gasteiger partial charge < -0.3 is 9.84 Å². The summed E-state index contributed by atoms with van der Waals surface area (Å²) in [4.78, 5) is 39.2. The molecular weight excluding hydrogens is 425 g/mol. The summed E-state index contributed by atoms with van der Waals surface area (Å²) in [6, 6.07) is 18.7. The highest BCUT2D eigenvalue weighted by molar-refractivity contribution is 6.51. The van der Waals surface area contributed by atoms with E-state index in [0.29, 0.717) is 5.56 Å². The summed E-state index contributed by atoms with van der Waals surface area (Å²) in [5, 5.41) is 11.0. The fourth-order valence-corrected chi connectivity index (χ4v) is 3.81. The van der Waals surface area contributed by atoms with Gasteiger partial charge in [0, 0.05) is 16.8 Å². The second kappa shape index (κ2) is 9.08. The molecule has 1 unspecified atom stereocenters. The van der Waals surface area contributed by atoms with Crippen LogP contribution in [0.3, 0.4) is 0 Å². The predicted molar refractivity (Wildman–Crippen MR) is 120 cm³/mol. The number of carbonyl (C=O) groups excluding carboxylic acids is 3. The molecule has 0 spiro atoms. The molecule has 3 aromatic rings. The molecule has 0 aromatic heterocycles. The van der Waals surface area contributed by atoms with E-state index in [1.807, 2.05) is 0 Å². The summed E-state index contributed by atoms with van der Waals surface area (Å²) in [5.41, 5.74) is 0.707. The van der Waals surface area contributed by atoms with Crippen molar-refractivity contribution in [2.75, 3.05) is 11.5 Å². The molecule has 3 aromatic carbocycles. The normalized spacial score (nSPS) is 17.3. The van der Waals surface area contributed by atoms with Crippen LogP contribution in [0, 0.1) is 5.82 Å². The number of amides is 1. The van der Waals surface area contributed by atoms with Crippen molar-refractivity contribution in [2.45, 2.75) is 13.0 Å². The lowest BCUT2D eigenvalue weighted by molar-refractivity contribution is -0.132. The Morgan fingerprint density at radius 2 is 1.58 bits per heavy atom. The fraction of sp³-hybridized carbons (Fsp3) is 0.115. The number of carbonyl (C=O) groups is 3. The number of halogens is 1. The summed E-state index contributed by atoms with van der Waals surface area (Å²) < 4.78 is 19.8. The largest absolute Gasteiger partial charge is 0.507 e. The first-order valence-corrected chi connectivity index (χ1v) is 10.3. The van der Waals surface area contributed by atoms with Gasteiger partial charge in [0.1, 0.15) is 11.6 Å². The van der Waals surface area contributed by atoms with Crippen LogP contribution in [0.15, 0.2) is 84.4 Å². The van der Waals surface area contributed by atoms with Gasteiger partial charge in [0.25, 0.3) is 11.7 Å². The van der Waals surface area contributed by atoms with Gasteiger partial charge >= 0.3 is 5.97 Å². The van der Waals surface area contributed by atoms with E-state index >= 15 is 0 Å². The molecule has 4 rings (SSSR count). The van der Waals surface area contributed by atoms with Gasteiger partial charge in [0.2, 0.25) is 0 Å². The molecule has 1 heterocycles. The van der Waals surface area contributed by atoms with Crippen LogP contribution >= 0.6 is 0 Å². The van der Waals surface area contributed by atoms with Crippen molar-refractivity contribution in [2.24, 2.45) is 0 Å². The minimum Gasteiger partial charge on any atom is -0.507 e. The van der Waals surface area contributed by atoms with E-state index in [1.165, 1.54) is 42.5 Å².